The summed E-state index contributed by atoms with van der Waals surface area (Å²) in [6.45, 7) is -0.304. The molecule has 1 heterocycles. The third-order valence-corrected chi connectivity index (χ3v) is 0.960. The molecule has 0 aromatic rings. The molecule has 0 atom stereocenters. The van der Waals surface area contributed by atoms with Crippen LogP contribution in [0, 0.1) is 0 Å². The highest BCUT2D eigenvalue weighted by Crippen LogP contribution is 1.97. The van der Waals surface area contributed by atoms with Crippen molar-refractivity contribution < 1.29 is 19.2 Å². The number of carbonyl (C=O) groups excluding carboxylic acids is 3. The van der Waals surface area contributed by atoms with Gasteiger partial charge in [-0.05, 0) is 0 Å². The number of rotatable bonds is 1. The Morgan fingerprint density at radius 1 is 1.64 bits per heavy atom. The van der Waals surface area contributed by atoms with E-state index in [1.54, 1.807) is 0 Å². The monoisotopic (exact) mass is 159 g/mol. The van der Waals surface area contributed by atoms with Crippen molar-refractivity contribution in [1.82, 2.24) is 10.4 Å². The largest absolute Gasteiger partial charge is 0.429 e. The first-order chi connectivity index (χ1) is 5.09. The second-order valence-corrected chi connectivity index (χ2v) is 1.80. The van der Waals surface area contributed by atoms with E-state index in [-0.39, 0.29) is 6.54 Å². The number of nitrogens with zero attached hydrogens (tertiary/aromatic N) is 1. The van der Waals surface area contributed by atoms with Gasteiger partial charge in [-0.1, -0.05) is 0 Å². The lowest BCUT2D eigenvalue weighted by Gasteiger charge is -2.08. The minimum Gasteiger partial charge on any atom is -0.333 e. The van der Waals surface area contributed by atoms with Crippen molar-refractivity contribution >= 4 is 18.0 Å². The predicted octanol–water partition coefficient (Wildman–Crippen LogP) is -1.45. The van der Waals surface area contributed by atoms with Gasteiger partial charge in [-0.2, -0.15) is 0 Å². The fraction of sp³-hybridized carbons (Fsp3) is 0.250. The van der Waals surface area contributed by atoms with E-state index in [1.807, 2.05) is 5.32 Å². The molecule has 0 bridgehead atoms. The molecule has 3 N–H and O–H groups in total. The van der Waals surface area contributed by atoms with Gasteiger partial charge >= 0.3 is 12.1 Å². The zero-order chi connectivity index (χ0) is 8.43. The summed E-state index contributed by atoms with van der Waals surface area (Å²) in [6, 6.07) is -0.784. The Hall–Kier alpha value is -1.79. The molecule has 0 aromatic heterocycles. The maximum Gasteiger partial charge on any atom is 0.429 e. The van der Waals surface area contributed by atoms with Crippen LogP contribution in [-0.4, -0.2) is 29.6 Å². The minimum atomic E-state index is -1.13. The van der Waals surface area contributed by atoms with E-state index in [0.29, 0.717) is 5.06 Å². The molecule has 1 saturated heterocycles. The molecule has 4 amide bonds. The van der Waals surface area contributed by atoms with Crippen LogP contribution in [0.2, 0.25) is 0 Å². The smallest absolute Gasteiger partial charge is 0.333 e. The quantitative estimate of drug-likeness (QED) is 0.457. The molecule has 11 heavy (non-hydrogen) atoms. The van der Waals surface area contributed by atoms with Crippen LogP contribution in [0.25, 0.3) is 0 Å². The maximum atomic E-state index is 10.6. The van der Waals surface area contributed by atoms with Crippen LogP contribution in [0.5, 0.6) is 0 Å². The number of nitrogens with two attached hydrogens (primary N) is 1. The van der Waals surface area contributed by atoms with Crippen LogP contribution in [0.15, 0.2) is 0 Å². The Kier molecular flexibility index (Phi) is 1.63. The second-order valence-electron chi connectivity index (χ2n) is 1.80. The van der Waals surface area contributed by atoms with Crippen LogP contribution >= 0.6 is 0 Å². The molecule has 60 valence electrons. The second kappa shape index (κ2) is 2.45. The highest BCUT2D eigenvalue weighted by molar-refractivity contribution is 6.01. The number of primary amides is 1. The molecule has 1 aliphatic rings. The van der Waals surface area contributed by atoms with Crippen molar-refractivity contribution in [3.05, 3.63) is 0 Å². The number of hydroxylamine groups is 2. The summed E-state index contributed by atoms with van der Waals surface area (Å²) >= 11 is 0. The summed E-state index contributed by atoms with van der Waals surface area (Å²) in [6.07, 6.45) is -1.13. The minimum absolute atomic E-state index is 0.304. The van der Waals surface area contributed by atoms with Gasteiger partial charge in [0.25, 0.3) is 5.91 Å². The third-order valence-electron chi connectivity index (χ3n) is 0.960. The van der Waals surface area contributed by atoms with E-state index in [4.69, 9.17) is 0 Å². The third kappa shape index (κ3) is 1.57. The number of amides is 4. The Morgan fingerprint density at radius 3 is 2.64 bits per heavy atom. The summed E-state index contributed by atoms with van der Waals surface area (Å²) in [4.78, 5) is 35.2. The Bertz CT molecular complexity index is 225. The van der Waals surface area contributed by atoms with Gasteiger partial charge in [-0.15, -0.1) is 5.06 Å². The van der Waals surface area contributed by atoms with Crippen LogP contribution in [0.3, 0.4) is 0 Å². The fourth-order valence-electron chi connectivity index (χ4n) is 0.606. The fourth-order valence-corrected chi connectivity index (χ4v) is 0.606. The number of nitrogens with one attached hydrogen (secondary N) is 1. The van der Waals surface area contributed by atoms with E-state index in [1.165, 1.54) is 0 Å². The first-order valence-corrected chi connectivity index (χ1v) is 2.68. The van der Waals surface area contributed by atoms with E-state index in [0.717, 1.165) is 0 Å². The van der Waals surface area contributed by atoms with Crippen LogP contribution in [0.1, 0.15) is 0 Å². The molecule has 1 fully saturated rings. The normalized spacial score (nSPS) is 16.5. The van der Waals surface area contributed by atoms with Crippen molar-refractivity contribution in [3.63, 3.8) is 0 Å². The van der Waals surface area contributed by atoms with Crippen molar-refractivity contribution in [2.45, 2.75) is 0 Å². The van der Waals surface area contributed by atoms with Crippen LogP contribution < -0.4 is 11.1 Å². The summed E-state index contributed by atoms with van der Waals surface area (Å²) in [7, 11) is 0. The lowest BCUT2D eigenvalue weighted by atomic mass is 10.7. The lowest BCUT2D eigenvalue weighted by Crippen LogP contribution is -2.33. The molecular formula is C4H5N3O4. The van der Waals surface area contributed by atoms with E-state index in [9.17, 15) is 14.4 Å². The lowest BCUT2D eigenvalue weighted by molar-refractivity contribution is -0.121. The van der Waals surface area contributed by atoms with E-state index >= 15 is 0 Å². The molecule has 0 aromatic carbocycles. The molecule has 0 saturated carbocycles. The highest BCUT2D eigenvalue weighted by atomic mass is 16.7. The van der Waals surface area contributed by atoms with Crippen molar-refractivity contribution in [2.75, 3.05) is 6.54 Å². The molecule has 0 aliphatic carbocycles. The Morgan fingerprint density at radius 2 is 2.27 bits per heavy atom. The molecule has 1 rings (SSSR count). The van der Waals surface area contributed by atoms with Gasteiger partial charge in [0.15, 0.2) is 0 Å². The van der Waals surface area contributed by atoms with E-state index < -0.39 is 18.0 Å². The summed E-state index contributed by atoms with van der Waals surface area (Å²) in [5.41, 5.74) is 4.59. The van der Waals surface area contributed by atoms with Gasteiger partial charge in [-0.3, -0.25) is 10.1 Å². The van der Waals surface area contributed by atoms with Gasteiger partial charge in [0.05, 0.1) is 0 Å². The molecule has 0 radical (unpaired) electrons. The maximum absolute atomic E-state index is 10.6. The zero-order valence-electron chi connectivity index (χ0n) is 5.36. The topological polar surface area (TPSA) is 102 Å². The van der Waals surface area contributed by atoms with Crippen molar-refractivity contribution in [3.8, 4) is 0 Å². The van der Waals surface area contributed by atoms with Gasteiger partial charge in [-0.25, -0.2) is 9.59 Å². The van der Waals surface area contributed by atoms with Gasteiger partial charge in [0, 0.05) is 0 Å². The predicted molar refractivity (Wildman–Crippen MR) is 30.9 cm³/mol. The molecular weight excluding hydrogens is 154 g/mol. The number of urea groups is 1. The van der Waals surface area contributed by atoms with Gasteiger partial charge < -0.3 is 10.6 Å². The van der Waals surface area contributed by atoms with Crippen LogP contribution in [-0.2, 0) is 9.63 Å². The molecule has 7 nitrogen and oxygen atoms in total. The molecule has 0 spiro atoms. The number of imide groups is 1. The van der Waals surface area contributed by atoms with Gasteiger partial charge in [0.2, 0.25) is 0 Å². The standard InChI is InChI=1S/C4H5N3O4/c5-3(9)11-7-1-2(8)6-4(7)10/h1H2,(H2,5,9)(H,6,8,10). The average molecular weight is 159 g/mol. The summed E-state index contributed by atoms with van der Waals surface area (Å²) in [5, 5.41) is 2.43. The van der Waals surface area contributed by atoms with Crippen LogP contribution in [0.4, 0.5) is 9.59 Å². The summed E-state index contributed by atoms with van der Waals surface area (Å²) < 4.78 is 0. The number of hydrogen-bond donors (Lipinski definition) is 2. The molecule has 1 aliphatic heterocycles. The van der Waals surface area contributed by atoms with E-state index in [2.05, 4.69) is 10.6 Å². The number of carbonyl (C=O) groups is 3. The Balaban J connectivity index is 2.53. The summed E-state index contributed by atoms with van der Waals surface area (Å²) in [5.74, 6) is -0.531. The SMILES string of the molecule is NC(=O)ON1CC(=O)NC1=O. The first kappa shape index (κ1) is 7.32. The molecule has 7 heteroatoms. The van der Waals surface area contributed by atoms with Gasteiger partial charge in [0.1, 0.15) is 6.54 Å². The number of hydrogen-bond acceptors (Lipinski definition) is 4. The highest BCUT2D eigenvalue weighted by Gasteiger charge is 2.29. The van der Waals surface area contributed by atoms with Crippen molar-refractivity contribution in [2.24, 2.45) is 5.73 Å². The van der Waals surface area contributed by atoms with Crippen molar-refractivity contribution in [1.29, 1.82) is 0 Å². The average Bonchev–Trinajstić information content (AvgIpc) is 2.09. The zero-order valence-corrected chi connectivity index (χ0v) is 5.36. The molecule has 0 unspecified atom stereocenters. The Labute approximate surface area is 61.0 Å². The first-order valence-electron chi connectivity index (χ1n) is 2.68.